The topological polar surface area (TPSA) is 68.6 Å². The van der Waals surface area contributed by atoms with Crippen molar-refractivity contribution in [2.75, 3.05) is 0 Å². The van der Waals surface area contributed by atoms with Crippen molar-refractivity contribution in [3.63, 3.8) is 0 Å². The third-order valence-corrected chi connectivity index (χ3v) is 7.21. The van der Waals surface area contributed by atoms with Gasteiger partial charge in [0.25, 0.3) is 0 Å². The smallest absolute Gasteiger partial charge is 0.161 e. The summed E-state index contributed by atoms with van der Waals surface area (Å²) in [6.07, 6.45) is 6.03. The largest absolute Gasteiger partial charge is 0.489 e. The van der Waals surface area contributed by atoms with Crippen LogP contribution in [0.2, 0.25) is 0 Å². The number of benzene rings is 1. The van der Waals surface area contributed by atoms with Crippen LogP contribution in [0.15, 0.2) is 65.1 Å². The second-order valence-electron chi connectivity index (χ2n) is 11.6. The van der Waals surface area contributed by atoms with Gasteiger partial charge in [0.05, 0.1) is 5.92 Å². The van der Waals surface area contributed by atoms with Crippen molar-refractivity contribution in [3.8, 4) is 5.75 Å². The Morgan fingerprint density at radius 3 is 2.41 bits per heavy atom. The van der Waals surface area contributed by atoms with E-state index in [2.05, 4.69) is 32.7 Å². The molecule has 5 rings (SSSR count). The van der Waals surface area contributed by atoms with Gasteiger partial charge in [-0.3, -0.25) is 19.6 Å². The summed E-state index contributed by atoms with van der Waals surface area (Å²) in [4.78, 5) is 36.0. The Kier molecular flexibility index (Phi) is 5.54. The number of hydrogen-bond donors (Lipinski definition) is 0. The fourth-order valence-electron chi connectivity index (χ4n) is 5.81. The van der Waals surface area contributed by atoms with Crippen LogP contribution in [0.4, 0.5) is 0 Å². The fraction of sp³-hybridized carbons (Fsp3) is 0.448. The summed E-state index contributed by atoms with van der Waals surface area (Å²) in [6.45, 7) is 8.94. The molecular weight excluding hydrogens is 424 g/mol. The first kappa shape index (κ1) is 22.7. The molecule has 176 valence electrons. The maximum atomic E-state index is 13.5. The molecule has 5 heteroatoms. The van der Waals surface area contributed by atoms with E-state index in [9.17, 15) is 9.59 Å². The van der Waals surface area contributed by atoms with Crippen molar-refractivity contribution in [3.05, 3.63) is 71.2 Å². The Hall–Kier alpha value is -3.08. The SMILES string of the molecule is CC1(C)CC(=O)C2C(=NC3=C(C(=O)CC(C)(C)C3)C2c2cccc(OCc3ccncc3)c2)C1. The molecule has 2 aliphatic carbocycles. The Bertz CT molecular complexity index is 1210. The Morgan fingerprint density at radius 1 is 0.912 bits per heavy atom. The maximum Gasteiger partial charge on any atom is 0.161 e. The minimum absolute atomic E-state index is 0.112. The van der Waals surface area contributed by atoms with Crippen LogP contribution in [0.25, 0.3) is 0 Å². The van der Waals surface area contributed by atoms with Gasteiger partial charge in [-0.15, -0.1) is 0 Å². The second kappa shape index (κ2) is 8.30. The van der Waals surface area contributed by atoms with Crippen molar-refractivity contribution < 1.29 is 14.3 Å². The van der Waals surface area contributed by atoms with Crippen molar-refractivity contribution in [1.82, 2.24) is 4.98 Å². The average molecular weight is 457 g/mol. The van der Waals surface area contributed by atoms with Crippen LogP contribution >= 0.6 is 0 Å². The third kappa shape index (κ3) is 4.36. The molecule has 2 atom stereocenters. The van der Waals surface area contributed by atoms with Gasteiger partial charge in [0.15, 0.2) is 5.78 Å². The molecule has 1 saturated carbocycles. The highest BCUT2D eigenvalue weighted by Crippen LogP contribution is 2.51. The third-order valence-electron chi connectivity index (χ3n) is 7.21. The van der Waals surface area contributed by atoms with Crippen LogP contribution in [-0.2, 0) is 16.2 Å². The minimum Gasteiger partial charge on any atom is -0.489 e. The van der Waals surface area contributed by atoms with Gasteiger partial charge < -0.3 is 4.74 Å². The molecule has 5 nitrogen and oxygen atoms in total. The summed E-state index contributed by atoms with van der Waals surface area (Å²) >= 11 is 0. The number of nitrogens with zero attached hydrogens (tertiary/aromatic N) is 2. The van der Waals surface area contributed by atoms with E-state index in [0.717, 1.165) is 46.7 Å². The lowest BCUT2D eigenvalue weighted by Gasteiger charge is -2.44. The summed E-state index contributed by atoms with van der Waals surface area (Å²) < 4.78 is 6.07. The number of hydrogen-bond acceptors (Lipinski definition) is 5. The first-order valence-corrected chi connectivity index (χ1v) is 12.1. The zero-order valence-corrected chi connectivity index (χ0v) is 20.4. The molecule has 1 aromatic heterocycles. The summed E-state index contributed by atoms with van der Waals surface area (Å²) in [5.41, 5.74) is 4.32. The van der Waals surface area contributed by atoms with E-state index in [-0.39, 0.29) is 34.2 Å². The first-order valence-electron chi connectivity index (χ1n) is 12.1. The number of carbonyl (C=O) groups excluding carboxylic acids is 2. The summed E-state index contributed by atoms with van der Waals surface area (Å²) in [7, 11) is 0. The number of ether oxygens (including phenoxy) is 1. The van der Waals surface area contributed by atoms with E-state index in [1.807, 2.05) is 36.4 Å². The maximum absolute atomic E-state index is 13.5. The molecule has 0 radical (unpaired) electrons. The fourth-order valence-corrected chi connectivity index (χ4v) is 5.81. The molecule has 3 aliphatic rings. The van der Waals surface area contributed by atoms with Gasteiger partial charge in [-0.2, -0.15) is 0 Å². The van der Waals surface area contributed by atoms with Gasteiger partial charge in [-0.25, -0.2) is 0 Å². The monoisotopic (exact) mass is 456 g/mol. The van der Waals surface area contributed by atoms with Gasteiger partial charge in [-0.1, -0.05) is 39.8 Å². The Labute approximate surface area is 201 Å². The number of rotatable bonds is 4. The van der Waals surface area contributed by atoms with Crippen molar-refractivity contribution in [1.29, 1.82) is 0 Å². The van der Waals surface area contributed by atoms with Crippen LogP contribution in [0.1, 0.15) is 70.4 Å². The van der Waals surface area contributed by atoms with Crippen LogP contribution in [0.3, 0.4) is 0 Å². The molecule has 0 N–H and O–H groups in total. The molecule has 0 saturated heterocycles. The minimum atomic E-state index is -0.368. The van der Waals surface area contributed by atoms with Gasteiger partial charge >= 0.3 is 0 Å². The Balaban J connectivity index is 1.55. The van der Waals surface area contributed by atoms with Gasteiger partial charge in [0.1, 0.15) is 18.1 Å². The number of ketones is 2. The highest BCUT2D eigenvalue weighted by molar-refractivity contribution is 6.13. The van der Waals surface area contributed by atoms with E-state index >= 15 is 0 Å². The molecule has 2 aromatic rings. The molecular formula is C29H32N2O3. The summed E-state index contributed by atoms with van der Waals surface area (Å²) in [6, 6.07) is 11.8. The summed E-state index contributed by atoms with van der Waals surface area (Å²) in [5.74, 6) is 0.381. The molecule has 2 heterocycles. The van der Waals surface area contributed by atoms with Crippen LogP contribution in [-0.4, -0.2) is 22.3 Å². The van der Waals surface area contributed by atoms with E-state index in [0.29, 0.717) is 19.4 Å². The van der Waals surface area contributed by atoms with E-state index < -0.39 is 0 Å². The highest BCUT2D eigenvalue weighted by Gasteiger charge is 2.49. The van der Waals surface area contributed by atoms with E-state index in [4.69, 9.17) is 9.73 Å². The predicted octanol–water partition coefficient (Wildman–Crippen LogP) is 5.85. The van der Waals surface area contributed by atoms with Crippen molar-refractivity contribution in [2.45, 2.75) is 65.9 Å². The molecule has 0 spiro atoms. The number of Topliss-reactive ketones (excluding diaryl/α,β-unsaturated/α-hetero) is 2. The average Bonchev–Trinajstić information content (AvgIpc) is 2.75. The zero-order chi connectivity index (χ0) is 24.1. The quantitative estimate of drug-likeness (QED) is 0.579. The van der Waals surface area contributed by atoms with Crippen molar-refractivity contribution in [2.24, 2.45) is 21.7 Å². The van der Waals surface area contributed by atoms with E-state index in [1.165, 1.54) is 0 Å². The van der Waals surface area contributed by atoms with Gasteiger partial charge in [-0.05, 0) is 59.1 Å². The molecule has 1 aliphatic heterocycles. The van der Waals surface area contributed by atoms with Crippen molar-refractivity contribution >= 4 is 17.3 Å². The number of aromatic nitrogens is 1. The molecule has 0 amide bonds. The Morgan fingerprint density at radius 2 is 1.65 bits per heavy atom. The molecule has 1 aromatic carbocycles. The van der Waals surface area contributed by atoms with Gasteiger partial charge in [0, 0.05) is 48.1 Å². The summed E-state index contributed by atoms with van der Waals surface area (Å²) in [5, 5.41) is 0. The number of pyridine rings is 1. The highest BCUT2D eigenvalue weighted by atomic mass is 16.5. The molecule has 1 fully saturated rings. The lowest BCUT2D eigenvalue weighted by atomic mass is 9.60. The van der Waals surface area contributed by atoms with Gasteiger partial charge in [0.2, 0.25) is 0 Å². The lowest BCUT2D eigenvalue weighted by Crippen LogP contribution is -2.45. The zero-order valence-electron chi connectivity index (χ0n) is 20.4. The standard InChI is InChI=1S/C29H32N2O3/c1-28(2)13-21-26(23(32)15-28)25(27-22(31-21)14-29(3,4)16-24(27)33)19-6-5-7-20(12-19)34-17-18-8-10-30-11-9-18/h5-12,25-26H,13-17H2,1-4H3. The number of allylic oxidation sites excluding steroid dienone is 2. The second-order valence-corrected chi connectivity index (χ2v) is 11.6. The number of carbonyl (C=O) groups is 2. The number of fused-ring (bicyclic) bond motifs is 1. The molecule has 0 bridgehead atoms. The van der Waals surface area contributed by atoms with Crippen LogP contribution in [0.5, 0.6) is 5.75 Å². The van der Waals surface area contributed by atoms with Crippen LogP contribution in [0, 0.1) is 16.7 Å². The lowest BCUT2D eigenvalue weighted by molar-refractivity contribution is -0.124. The normalized spacial score (nSPS) is 25.4. The van der Waals surface area contributed by atoms with E-state index in [1.54, 1.807) is 12.4 Å². The predicted molar refractivity (Wildman–Crippen MR) is 132 cm³/mol. The molecule has 34 heavy (non-hydrogen) atoms. The van der Waals surface area contributed by atoms with Crippen LogP contribution < -0.4 is 4.74 Å². The molecule has 2 unspecified atom stereocenters. The first-order chi connectivity index (χ1) is 16.1. The number of aliphatic imine (C=N–C) groups is 1.